The van der Waals surface area contributed by atoms with Crippen molar-refractivity contribution in [1.29, 1.82) is 0 Å². The van der Waals surface area contributed by atoms with Crippen molar-refractivity contribution < 1.29 is 4.79 Å². The third-order valence-electron chi connectivity index (χ3n) is 3.14. The lowest BCUT2D eigenvalue weighted by Crippen LogP contribution is -2.04. The first-order valence-electron chi connectivity index (χ1n) is 6.21. The smallest absolute Gasteiger partial charge is 0.167 e. The summed E-state index contributed by atoms with van der Waals surface area (Å²) < 4.78 is 0. The minimum absolute atomic E-state index is 0.0191. The van der Waals surface area contributed by atoms with Crippen LogP contribution in [0.15, 0.2) is 54.9 Å². The standard InChI is InChI=1S/C16H11ClN2O/c17-16-10-12(6-8-19-16)15(20)9-11-5-7-18-14-4-2-1-3-13(11)14/h1-8,10H,9H2. The lowest BCUT2D eigenvalue weighted by molar-refractivity contribution is 0.0993. The normalized spacial score (nSPS) is 10.7. The van der Waals surface area contributed by atoms with Gasteiger partial charge in [0.15, 0.2) is 5.78 Å². The molecule has 0 amide bonds. The molecule has 0 aliphatic rings. The second-order valence-corrected chi connectivity index (χ2v) is 4.84. The molecule has 3 rings (SSSR count). The number of carbonyl (C=O) groups is 1. The van der Waals surface area contributed by atoms with Crippen molar-refractivity contribution in [2.24, 2.45) is 0 Å². The summed E-state index contributed by atoms with van der Waals surface area (Å²) in [6.45, 7) is 0. The van der Waals surface area contributed by atoms with Crippen LogP contribution in [0.2, 0.25) is 5.15 Å². The van der Waals surface area contributed by atoms with E-state index in [1.165, 1.54) is 0 Å². The Morgan fingerprint density at radius 2 is 1.85 bits per heavy atom. The van der Waals surface area contributed by atoms with Crippen molar-refractivity contribution in [2.45, 2.75) is 6.42 Å². The van der Waals surface area contributed by atoms with Gasteiger partial charge < -0.3 is 0 Å². The van der Waals surface area contributed by atoms with Gasteiger partial charge in [-0.15, -0.1) is 0 Å². The molecule has 2 heterocycles. The van der Waals surface area contributed by atoms with Crippen LogP contribution in [0.25, 0.3) is 10.9 Å². The van der Waals surface area contributed by atoms with Gasteiger partial charge in [0.25, 0.3) is 0 Å². The van der Waals surface area contributed by atoms with E-state index in [2.05, 4.69) is 9.97 Å². The van der Waals surface area contributed by atoms with Crippen LogP contribution in [0.4, 0.5) is 0 Å². The molecule has 0 saturated carbocycles. The largest absolute Gasteiger partial charge is 0.294 e. The first kappa shape index (κ1) is 12.8. The zero-order valence-corrected chi connectivity index (χ0v) is 11.3. The zero-order valence-electron chi connectivity index (χ0n) is 10.6. The molecule has 3 nitrogen and oxygen atoms in total. The van der Waals surface area contributed by atoms with Crippen molar-refractivity contribution in [3.63, 3.8) is 0 Å². The molecule has 0 spiro atoms. The fourth-order valence-electron chi connectivity index (χ4n) is 2.16. The maximum absolute atomic E-state index is 12.3. The highest BCUT2D eigenvalue weighted by Crippen LogP contribution is 2.18. The Hall–Kier alpha value is -2.26. The van der Waals surface area contributed by atoms with Crippen LogP contribution in [-0.2, 0) is 6.42 Å². The maximum atomic E-state index is 12.3. The molecule has 3 aromatic rings. The van der Waals surface area contributed by atoms with E-state index >= 15 is 0 Å². The van der Waals surface area contributed by atoms with Crippen molar-refractivity contribution in [1.82, 2.24) is 9.97 Å². The van der Waals surface area contributed by atoms with Crippen LogP contribution in [-0.4, -0.2) is 15.8 Å². The van der Waals surface area contributed by atoms with Gasteiger partial charge in [-0.05, 0) is 29.8 Å². The molecule has 0 radical (unpaired) electrons. The van der Waals surface area contributed by atoms with Gasteiger partial charge in [-0.2, -0.15) is 0 Å². The number of Topliss-reactive ketones (excluding diaryl/α,β-unsaturated/α-hetero) is 1. The maximum Gasteiger partial charge on any atom is 0.167 e. The molecular weight excluding hydrogens is 272 g/mol. The Morgan fingerprint density at radius 1 is 1.05 bits per heavy atom. The van der Waals surface area contributed by atoms with Gasteiger partial charge in [0.1, 0.15) is 5.15 Å². The number of para-hydroxylation sites is 1. The van der Waals surface area contributed by atoms with Crippen LogP contribution in [0.3, 0.4) is 0 Å². The molecule has 0 N–H and O–H groups in total. The molecule has 0 fully saturated rings. The van der Waals surface area contributed by atoms with Gasteiger partial charge in [-0.25, -0.2) is 4.98 Å². The highest BCUT2D eigenvalue weighted by atomic mass is 35.5. The van der Waals surface area contributed by atoms with E-state index in [1.54, 1.807) is 24.5 Å². The molecule has 1 aromatic carbocycles. The van der Waals surface area contributed by atoms with E-state index in [4.69, 9.17) is 11.6 Å². The zero-order chi connectivity index (χ0) is 13.9. The highest BCUT2D eigenvalue weighted by molar-refractivity contribution is 6.29. The number of ketones is 1. The lowest BCUT2D eigenvalue weighted by Gasteiger charge is -2.05. The number of carbonyl (C=O) groups excluding carboxylic acids is 1. The van der Waals surface area contributed by atoms with Gasteiger partial charge in [0.2, 0.25) is 0 Å². The molecule has 4 heteroatoms. The van der Waals surface area contributed by atoms with E-state index in [-0.39, 0.29) is 5.78 Å². The van der Waals surface area contributed by atoms with E-state index < -0.39 is 0 Å². The fraction of sp³-hybridized carbons (Fsp3) is 0.0625. The Labute approximate surface area is 121 Å². The minimum atomic E-state index is 0.0191. The highest BCUT2D eigenvalue weighted by Gasteiger charge is 2.10. The first-order valence-corrected chi connectivity index (χ1v) is 6.59. The molecule has 0 saturated heterocycles. The summed E-state index contributed by atoms with van der Waals surface area (Å²) in [5, 5.41) is 1.33. The van der Waals surface area contributed by atoms with Crippen molar-refractivity contribution in [2.75, 3.05) is 0 Å². The SMILES string of the molecule is O=C(Cc1ccnc2ccccc12)c1ccnc(Cl)c1. The molecule has 98 valence electrons. The van der Waals surface area contributed by atoms with E-state index in [0.717, 1.165) is 16.5 Å². The van der Waals surface area contributed by atoms with Crippen molar-refractivity contribution in [3.8, 4) is 0 Å². The number of benzene rings is 1. The Morgan fingerprint density at radius 3 is 2.70 bits per heavy atom. The quantitative estimate of drug-likeness (QED) is 0.543. The van der Waals surface area contributed by atoms with Crippen LogP contribution in [0, 0.1) is 0 Å². The molecule has 20 heavy (non-hydrogen) atoms. The summed E-state index contributed by atoms with van der Waals surface area (Å²) in [5.41, 5.74) is 2.44. The number of pyridine rings is 2. The number of nitrogens with zero attached hydrogens (tertiary/aromatic N) is 2. The average Bonchev–Trinajstić information content (AvgIpc) is 2.47. The predicted molar refractivity (Wildman–Crippen MR) is 79.0 cm³/mol. The number of aromatic nitrogens is 2. The Bertz CT molecular complexity index is 781. The van der Waals surface area contributed by atoms with Crippen molar-refractivity contribution >= 4 is 28.3 Å². The van der Waals surface area contributed by atoms with Crippen LogP contribution >= 0.6 is 11.6 Å². The molecule has 0 aliphatic heterocycles. The number of hydrogen-bond acceptors (Lipinski definition) is 3. The number of hydrogen-bond donors (Lipinski definition) is 0. The van der Waals surface area contributed by atoms with Crippen LogP contribution in [0.1, 0.15) is 15.9 Å². The second kappa shape index (κ2) is 5.39. The molecule has 0 aliphatic carbocycles. The summed E-state index contributed by atoms with van der Waals surface area (Å²) in [5.74, 6) is 0.0191. The van der Waals surface area contributed by atoms with E-state index in [0.29, 0.717) is 17.1 Å². The second-order valence-electron chi connectivity index (χ2n) is 4.45. The Balaban J connectivity index is 1.95. The summed E-state index contributed by atoms with van der Waals surface area (Å²) in [6.07, 6.45) is 3.59. The number of rotatable bonds is 3. The third-order valence-corrected chi connectivity index (χ3v) is 3.35. The van der Waals surface area contributed by atoms with Gasteiger partial charge >= 0.3 is 0 Å². The van der Waals surface area contributed by atoms with Crippen LogP contribution < -0.4 is 0 Å². The first-order chi connectivity index (χ1) is 9.74. The molecule has 0 atom stereocenters. The molecule has 2 aromatic heterocycles. The molecule has 0 bridgehead atoms. The number of fused-ring (bicyclic) bond motifs is 1. The van der Waals surface area contributed by atoms with E-state index in [1.807, 2.05) is 30.3 Å². The van der Waals surface area contributed by atoms with Gasteiger partial charge in [0.05, 0.1) is 5.52 Å². The average molecular weight is 283 g/mol. The topological polar surface area (TPSA) is 42.9 Å². The van der Waals surface area contributed by atoms with E-state index in [9.17, 15) is 4.79 Å². The minimum Gasteiger partial charge on any atom is -0.294 e. The summed E-state index contributed by atoms with van der Waals surface area (Å²) in [4.78, 5) is 20.5. The summed E-state index contributed by atoms with van der Waals surface area (Å²) >= 11 is 5.81. The monoisotopic (exact) mass is 282 g/mol. The summed E-state index contributed by atoms with van der Waals surface area (Å²) in [7, 11) is 0. The molecule has 0 unspecified atom stereocenters. The predicted octanol–water partition coefficient (Wildman–Crippen LogP) is 3.71. The molecular formula is C16H11ClN2O. The fourth-order valence-corrected chi connectivity index (χ4v) is 2.33. The van der Waals surface area contributed by atoms with Gasteiger partial charge in [-0.3, -0.25) is 9.78 Å². The lowest BCUT2D eigenvalue weighted by atomic mass is 10.0. The number of halogens is 1. The van der Waals surface area contributed by atoms with Gasteiger partial charge in [-0.1, -0.05) is 29.8 Å². The Kier molecular flexibility index (Phi) is 3.44. The van der Waals surface area contributed by atoms with Crippen LogP contribution in [0.5, 0.6) is 0 Å². The third kappa shape index (κ3) is 2.53. The van der Waals surface area contributed by atoms with Gasteiger partial charge in [0, 0.05) is 29.8 Å². The van der Waals surface area contributed by atoms with Crippen molar-refractivity contribution in [3.05, 3.63) is 71.1 Å². The summed E-state index contributed by atoms with van der Waals surface area (Å²) in [6, 6.07) is 12.9.